The Morgan fingerprint density at radius 2 is 1.90 bits per heavy atom. The van der Waals surface area contributed by atoms with E-state index in [4.69, 9.17) is 17.2 Å². The largest absolute Gasteiger partial charge is 0.356 e. The van der Waals surface area contributed by atoms with Gasteiger partial charge in [-0.3, -0.25) is 18.9 Å². The summed E-state index contributed by atoms with van der Waals surface area (Å²) in [6.07, 6.45) is 6.08. The summed E-state index contributed by atoms with van der Waals surface area (Å²) in [6, 6.07) is 5.52. The molecule has 2 aromatic heterocycles. The Morgan fingerprint density at radius 1 is 1.20 bits per heavy atom. The Hall–Kier alpha value is -2.19. The molecular formula is C22H28N4O2S2. The molecule has 160 valence electrons. The quantitative estimate of drug-likeness (QED) is 0.446. The Bertz CT molecular complexity index is 1040. The molecule has 1 amide bonds. The van der Waals surface area contributed by atoms with Crippen LogP contribution >= 0.6 is 24.0 Å². The molecule has 0 bridgehead atoms. The molecule has 8 heteroatoms. The highest BCUT2D eigenvalue weighted by molar-refractivity contribution is 8.26. The number of nitrogens with zero attached hydrogens (tertiary/aromatic N) is 4. The van der Waals surface area contributed by atoms with Crippen LogP contribution in [0, 0.1) is 0 Å². The van der Waals surface area contributed by atoms with Crippen LogP contribution in [0.3, 0.4) is 0 Å². The Kier molecular flexibility index (Phi) is 7.31. The van der Waals surface area contributed by atoms with Crippen molar-refractivity contribution in [1.82, 2.24) is 14.3 Å². The lowest BCUT2D eigenvalue weighted by Gasteiger charge is -2.24. The number of thiocarbonyl (C=S) groups is 1. The van der Waals surface area contributed by atoms with Gasteiger partial charge in [0.2, 0.25) is 0 Å². The number of amides is 1. The third kappa shape index (κ3) is 4.30. The van der Waals surface area contributed by atoms with Crippen LogP contribution in [0.5, 0.6) is 0 Å². The fraction of sp³-hybridized carbons (Fsp3) is 0.455. The van der Waals surface area contributed by atoms with E-state index in [0.717, 1.165) is 32.4 Å². The van der Waals surface area contributed by atoms with Crippen molar-refractivity contribution in [2.45, 2.75) is 53.0 Å². The Balaban J connectivity index is 2.19. The topological polar surface area (TPSA) is 57.9 Å². The van der Waals surface area contributed by atoms with Crippen LogP contribution in [0.2, 0.25) is 0 Å². The maximum absolute atomic E-state index is 13.4. The van der Waals surface area contributed by atoms with Gasteiger partial charge in [0.05, 0.1) is 10.5 Å². The first-order valence-electron chi connectivity index (χ1n) is 10.5. The molecule has 30 heavy (non-hydrogen) atoms. The van der Waals surface area contributed by atoms with E-state index in [1.807, 2.05) is 26.0 Å². The van der Waals surface area contributed by atoms with Gasteiger partial charge in [-0.05, 0) is 44.4 Å². The molecule has 1 aliphatic rings. The zero-order valence-electron chi connectivity index (χ0n) is 17.9. The standard InChI is InChI=1S/C22H28N4O2S2/c1-5-11-24(12-6-2)19-16(20(27)25-13-9-8-10-18(25)23-19)14-17-21(28)26(15(4)7-3)22(29)30-17/h8-10,13-15H,5-7,11-12H2,1-4H3. The van der Waals surface area contributed by atoms with Crippen molar-refractivity contribution in [2.75, 3.05) is 18.0 Å². The number of hydrogen-bond acceptors (Lipinski definition) is 6. The fourth-order valence-electron chi connectivity index (χ4n) is 3.50. The lowest BCUT2D eigenvalue weighted by atomic mass is 10.2. The summed E-state index contributed by atoms with van der Waals surface area (Å²) in [5, 5.41) is 0. The van der Waals surface area contributed by atoms with Gasteiger partial charge >= 0.3 is 0 Å². The SMILES string of the molecule is CCCN(CCC)c1nc2ccccn2c(=O)c1C=C1SC(=S)N(C(C)CC)C1=O. The molecule has 3 rings (SSSR count). The monoisotopic (exact) mass is 444 g/mol. The van der Waals surface area contributed by atoms with Crippen molar-refractivity contribution in [3.63, 3.8) is 0 Å². The van der Waals surface area contributed by atoms with Crippen molar-refractivity contribution in [3.05, 3.63) is 45.2 Å². The van der Waals surface area contributed by atoms with Gasteiger partial charge in [-0.1, -0.05) is 50.8 Å². The zero-order chi connectivity index (χ0) is 21.8. The van der Waals surface area contributed by atoms with Gasteiger partial charge in [0.15, 0.2) is 0 Å². The summed E-state index contributed by atoms with van der Waals surface area (Å²) in [7, 11) is 0. The van der Waals surface area contributed by atoms with Crippen molar-refractivity contribution < 1.29 is 4.79 Å². The molecule has 0 saturated carbocycles. The molecule has 0 spiro atoms. The third-order valence-electron chi connectivity index (χ3n) is 5.17. The zero-order valence-corrected chi connectivity index (χ0v) is 19.6. The van der Waals surface area contributed by atoms with Gasteiger partial charge in [-0.25, -0.2) is 4.98 Å². The van der Waals surface area contributed by atoms with Crippen LogP contribution in [-0.4, -0.2) is 43.6 Å². The number of thioether (sulfide) groups is 1. The fourth-order valence-corrected chi connectivity index (χ4v) is 4.94. The van der Waals surface area contributed by atoms with E-state index >= 15 is 0 Å². The number of anilines is 1. The lowest BCUT2D eigenvalue weighted by Crippen LogP contribution is -2.36. The van der Waals surface area contributed by atoms with E-state index in [1.165, 1.54) is 16.2 Å². The average molecular weight is 445 g/mol. The average Bonchev–Trinajstić information content (AvgIpc) is 3.02. The van der Waals surface area contributed by atoms with Crippen LogP contribution in [0.1, 0.15) is 52.5 Å². The molecule has 0 aromatic carbocycles. The molecule has 6 nitrogen and oxygen atoms in total. The minimum atomic E-state index is -0.179. The number of pyridine rings is 1. The maximum Gasteiger partial charge on any atom is 0.267 e. The third-order valence-corrected chi connectivity index (χ3v) is 6.50. The van der Waals surface area contributed by atoms with Gasteiger partial charge in [-0.15, -0.1) is 0 Å². The van der Waals surface area contributed by atoms with Crippen LogP contribution < -0.4 is 10.5 Å². The van der Waals surface area contributed by atoms with Gasteiger partial charge in [-0.2, -0.15) is 0 Å². The summed E-state index contributed by atoms with van der Waals surface area (Å²) in [4.78, 5) is 35.5. The second kappa shape index (κ2) is 9.75. The summed E-state index contributed by atoms with van der Waals surface area (Å²) in [6.45, 7) is 9.80. The summed E-state index contributed by atoms with van der Waals surface area (Å²) in [5.74, 6) is 0.490. The van der Waals surface area contributed by atoms with Gasteiger partial charge < -0.3 is 4.90 Å². The first-order chi connectivity index (χ1) is 14.4. The second-order valence-corrected chi connectivity index (χ2v) is 9.05. The number of rotatable bonds is 8. The predicted molar refractivity (Wildman–Crippen MR) is 129 cm³/mol. The van der Waals surface area contributed by atoms with Crippen molar-refractivity contribution in [3.8, 4) is 0 Å². The van der Waals surface area contributed by atoms with Crippen LogP contribution in [0.4, 0.5) is 5.82 Å². The molecule has 1 unspecified atom stereocenters. The molecule has 1 saturated heterocycles. The molecule has 1 fully saturated rings. The van der Waals surface area contributed by atoms with E-state index in [-0.39, 0.29) is 17.5 Å². The number of carbonyl (C=O) groups excluding carboxylic acids is 1. The number of hydrogen-bond donors (Lipinski definition) is 0. The molecule has 0 radical (unpaired) electrons. The van der Waals surface area contributed by atoms with Gasteiger partial charge in [0.25, 0.3) is 11.5 Å². The second-order valence-electron chi connectivity index (χ2n) is 7.38. The normalized spacial score (nSPS) is 16.7. The molecular weight excluding hydrogens is 416 g/mol. The maximum atomic E-state index is 13.4. The summed E-state index contributed by atoms with van der Waals surface area (Å²) >= 11 is 6.70. The number of fused-ring (bicyclic) bond motifs is 1. The minimum Gasteiger partial charge on any atom is -0.356 e. The van der Waals surface area contributed by atoms with E-state index in [1.54, 1.807) is 23.2 Å². The van der Waals surface area contributed by atoms with Crippen LogP contribution in [-0.2, 0) is 4.79 Å². The van der Waals surface area contributed by atoms with E-state index in [0.29, 0.717) is 26.3 Å². The molecule has 1 atom stereocenters. The first kappa shape index (κ1) is 22.5. The van der Waals surface area contributed by atoms with E-state index in [9.17, 15) is 9.59 Å². The van der Waals surface area contributed by atoms with Gasteiger partial charge in [0, 0.05) is 25.3 Å². The lowest BCUT2D eigenvalue weighted by molar-refractivity contribution is -0.123. The highest BCUT2D eigenvalue weighted by atomic mass is 32.2. The smallest absolute Gasteiger partial charge is 0.267 e. The molecule has 0 aliphatic carbocycles. The molecule has 3 heterocycles. The Morgan fingerprint density at radius 3 is 2.53 bits per heavy atom. The van der Waals surface area contributed by atoms with E-state index < -0.39 is 0 Å². The number of carbonyl (C=O) groups is 1. The van der Waals surface area contributed by atoms with Crippen molar-refractivity contribution in [2.24, 2.45) is 0 Å². The van der Waals surface area contributed by atoms with Crippen molar-refractivity contribution >= 4 is 51.7 Å². The highest BCUT2D eigenvalue weighted by Crippen LogP contribution is 2.35. The Labute approximate surface area is 187 Å². The van der Waals surface area contributed by atoms with Crippen molar-refractivity contribution in [1.29, 1.82) is 0 Å². The molecule has 2 aromatic rings. The molecule has 0 N–H and O–H groups in total. The highest BCUT2D eigenvalue weighted by Gasteiger charge is 2.35. The predicted octanol–water partition coefficient (Wildman–Crippen LogP) is 4.32. The summed E-state index contributed by atoms with van der Waals surface area (Å²) in [5.41, 5.74) is 0.853. The van der Waals surface area contributed by atoms with E-state index in [2.05, 4.69) is 18.7 Å². The first-order valence-corrected chi connectivity index (χ1v) is 11.7. The van der Waals surface area contributed by atoms with Crippen LogP contribution in [0.25, 0.3) is 11.7 Å². The van der Waals surface area contributed by atoms with Gasteiger partial charge in [0.1, 0.15) is 15.8 Å². The summed E-state index contributed by atoms with van der Waals surface area (Å²) < 4.78 is 2.07. The number of aromatic nitrogens is 2. The van der Waals surface area contributed by atoms with Crippen LogP contribution in [0.15, 0.2) is 34.1 Å². The molecule has 1 aliphatic heterocycles. The minimum absolute atomic E-state index is 0.0235.